The van der Waals surface area contributed by atoms with Gasteiger partial charge in [0.15, 0.2) is 12.2 Å². The summed E-state index contributed by atoms with van der Waals surface area (Å²) in [5, 5.41) is 5.62. The van der Waals surface area contributed by atoms with Gasteiger partial charge in [-0.05, 0) is 5.53 Å². The van der Waals surface area contributed by atoms with E-state index in [1.807, 2.05) is 0 Å². The molecule has 0 aliphatic carbocycles. The van der Waals surface area contributed by atoms with Gasteiger partial charge in [-0.2, -0.15) is 0 Å². The highest BCUT2D eigenvalue weighted by atomic mass is 16.6. The highest BCUT2D eigenvalue weighted by Crippen LogP contribution is 2.23. The number of nitrogens with one attached hydrogen (secondary N) is 1. The van der Waals surface area contributed by atoms with Crippen LogP contribution in [0.1, 0.15) is 20.8 Å². The summed E-state index contributed by atoms with van der Waals surface area (Å²) in [6, 6.07) is -0.863. The van der Waals surface area contributed by atoms with Crippen LogP contribution in [-0.4, -0.2) is 67.9 Å². The van der Waals surface area contributed by atoms with Gasteiger partial charge in [0, 0.05) is 25.7 Å². The zero-order valence-electron chi connectivity index (χ0n) is 14.5. The first-order chi connectivity index (χ1) is 12.2. The normalized spacial score (nSPS) is 24.6. The zero-order chi connectivity index (χ0) is 19.7. The maximum atomic E-state index is 11.8. The number of hydrogen-bond donors (Lipinski definition) is 1. The topological polar surface area (TPSA) is 166 Å². The average Bonchev–Trinajstić information content (AvgIpc) is 2.54. The van der Waals surface area contributed by atoms with Crippen LogP contribution in [0.5, 0.6) is 0 Å². The SMILES string of the molecule is CC(=O)OCC1OC[C@@H](NC(=O)CN=[N+]=[N-])C(OC(C)=O)[C@H]1OC(C)=O. The molecule has 1 saturated heterocycles. The van der Waals surface area contributed by atoms with Crippen LogP contribution in [0, 0.1) is 0 Å². The first-order valence-electron chi connectivity index (χ1n) is 7.64. The Kier molecular flexibility index (Phi) is 8.32. The highest BCUT2D eigenvalue weighted by Gasteiger charge is 2.46. The third kappa shape index (κ3) is 6.95. The Morgan fingerprint density at radius 2 is 1.73 bits per heavy atom. The van der Waals surface area contributed by atoms with Crippen LogP contribution in [0.15, 0.2) is 5.11 Å². The fourth-order valence-corrected chi connectivity index (χ4v) is 2.35. The van der Waals surface area contributed by atoms with Crippen molar-refractivity contribution >= 4 is 23.8 Å². The van der Waals surface area contributed by atoms with E-state index in [4.69, 9.17) is 24.5 Å². The molecule has 4 atom stereocenters. The first-order valence-corrected chi connectivity index (χ1v) is 7.64. The minimum atomic E-state index is -1.12. The van der Waals surface area contributed by atoms with Gasteiger partial charge < -0.3 is 24.3 Å². The van der Waals surface area contributed by atoms with Gasteiger partial charge in [-0.25, -0.2) is 0 Å². The molecule has 0 saturated carbocycles. The molecule has 1 fully saturated rings. The van der Waals surface area contributed by atoms with Gasteiger partial charge >= 0.3 is 17.9 Å². The van der Waals surface area contributed by atoms with E-state index in [0.717, 1.165) is 13.8 Å². The van der Waals surface area contributed by atoms with Crippen molar-refractivity contribution in [1.82, 2.24) is 5.32 Å². The molecule has 0 aromatic carbocycles. The van der Waals surface area contributed by atoms with Gasteiger partial charge in [0.1, 0.15) is 19.3 Å². The molecular formula is C14H20N4O8. The molecule has 12 nitrogen and oxygen atoms in total. The van der Waals surface area contributed by atoms with Gasteiger partial charge in [-0.1, -0.05) is 5.11 Å². The number of hydrogen-bond acceptors (Lipinski definition) is 9. The lowest BCUT2D eigenvalue weighted by Gasteiger charge is -2.41. The van der Waals surface area contributed by atoms with E-state index >= 15 is 0 Å². The third-order valence-electron chi connectivity index (χ3n) is 3.26. The molecule has 0 bridgehead atoms. The van der Waals surface area contributed by atoms with Gasteiger partial charge in [-0.3, -0.25) is 19.2 Å². The molecule has 0 aromatic heterocycles. The number of ether oxygens (including phenoxy) is 4. The largest absolute Gasteiger partial charge is 0.463 e. The molecule has 1 amide bonds. The predicted molar refractivity (Wildman–Crippen MR) is 83.4 cm³/mol. The molecule has 2 unspecified atom stereocenters. The lowest BCUT2D eigenvalue weighted by atomic mass is 9.97. The lowest BCUT2D eigenvalue weighted by Crippen LogP contribution is -2.62. The van der Waals surface area contributed by atoms with Gasteiger partial charge in [-0.15, -0.1) is 0 Å². The second-order valence-corrected chi connectivity index (χ2v) is 5.39. The Morgan fingerprint density at radius 3 is 2.27 bits per heavy atom. The fraction of sp³-hybridized carbons (Fsp3) is 0.714. The van der Waals surface area contributed by atoms with E-state index in [1.165, 1.54) is 6.92 Å². The minimum Gasteiger partial charge on any atom is -0.463 e. The average molecular weight is 372 g/mol. The second-order valence-electron chi connectivity index (χ2n) is 5.39. The number of azide groups is 1. The molecule has 1 N–H and O–H groups in total. The smallest absolute Gasteiger partial charge is 0.303 e. The van der Waals surface area contributed by atoms with Crippen LogP contribution in [0.2, 0.25) is 0 Å². The molecule has 0 radical (unpaired) electrons. The number of carbonyl (C=O) groups is 4. The monoisotopic (exact) mass is 372 g/mol. The summed E-state index contributed by atoms with van der Waals surface area (Å²) in [5.41, 5.74) is 8.26. The molecule has 0 spiro atoms. The summed E-state index contributed by atoms with van der Waals surface area (Å²) in [7, 11) is 0. The van der Waals surface area contributed by atoms with E-state index in [-0.39, 0.29) is 13.2 Å². The van der Waals surface area contributed by atoms with E-state index in [2.05, 4.69) is 15.3 Å². The third-order valence-corrected chi connectivity index (χ3v) is 3.26. The molecule has 1 rings (SSSR count). The standard InChI is InChI=1S/C14H20N4O8/c1-7(19)23-6-11-14(26-9(3)21)13(25-8(2)20)10(5-24-11)17-12(22)4-16-18-15/h10-11,13-14H,4-6H2,1-3H3,(H,17,22)/t10-,11?,13?,14+/m1/s1. The second kappa shape index (κ2) is 10.2. The van der Waals surface area contributed by atoms with Crippen LogP contribution >= 0.6 is 0 Å². The molecule has 144 valence electrons. The molecule has 0 aromatic rings. The molecule has 26 heavy (non-hydrogen) atoms. The Balaban J connectivity index is 2.99. The Labute approximate surface area is 148 Å². The van der Waals surface area contributed by atoms with Crippen molar-refractivity contribution in [2.75, 3.05) is 19.8 Å². The van der Waals surface area contributed by atoms with Gasteiger partial charge in [0.2, 0.25) is 5.91 Å². The van der Waals surface area contributed by atoms with Crippen molar-refractivity contribution in [2.24, 2.45) is 5.11 Å². The summed E-state index contributed by atoms with van der Waals surface area (Å²) < 4.78 is 20.8. The molecule has 12 heteroatoms. The number of esters is 3. The quantitative estimate of drug-likeness (QED) is 0.207. The summed E-state index contributed by atoms with van der Waals surface area (Å²) in [5.74, 6) is -2.54. The minimum absolute atomic E-state index is 0.107. The number of carbonyl (C=O) groups excluding carboxylic acids is 4. The van der Waals surface area contributed by atoms with Crippen LogP contribution in [0.3, 0.4) is 0 Å². The summed E-state index contributed by atoms with van der Waals surface area (Å²) in [6.07, 6.45) is -3.09. The summed E-state index contributed by atoms with van der Waals surface area (Å²) in [6.45, 7) is 2.70. The van der Waals surface area contributed by atoms with Crippen molar-refractivity contribution in [3.05, 3.63) is 10.4 Å². The van der Waals surface area contributed by atoms with Crippen molar-refractivity contribution in [3.8, 4) is 0 Å². The van der Waals surface area contributed by atoms with Crippen molar-refractivity contribution in [3.63, 3.8) is 0 Å². The van der Waals surface area contributed by atoms with E-state index < -0.39 is 54.7 Å². The van der Waals surface area contributed by atoms with Gasteiger partial charge in [0.05, 0.1) is 12.6 Å². The lowest BCUT2D eigenvalue weighted by molar-refractivity contribution is -0.207. The van der Waals surface area contributed by atoms with Crippen LogP contribution in [-0.2, 0) is 38.1 Å². The van der Waals surface area contributed by atoms with Crippen molar-refractivity contribution in [1.29, 1.82) is 0 Å². The molecule has 1 aliphatic heterocycles. The number of amides is 1. The maximum Gasteiger partial charge on any atom is 0.303 e. The van der Waals surface area contributed by atoms with Crippen LogP contribution in [0.4, 0.5) is 0 Å². The number of rotatable bonds is 7. The van der Waals surface area contributed by atoms with Crippen molar-refractivity contribution in [2.45, 2.75) is 45.1 Å². The van der Waals surface area contributed by atoms with E-state index in [0.29, 0.717) is 0 Å². The summed E-state index contributed by atoms with van der Waals surface area (Å²) in [4.78, 5) is 48.1. The first kappa shape index (κ1) is 21.2. The molecular weight excluding hydrogens is 352 g/mol. The molecule has 1 heterocycles. The Bertz CT molecular complexity index is 604. The van der Waals surface area contributed by atoms with E-state index in [9.17, 15) is 19.2 Å². The fourth-order valence-electron chi connectivity index (χ4n) is 2.35. The zero-order valence-corrected chi connectivity index (χ0v) is 14.5. The van der Waals surface area contributed by atoms with E-state index in [1.54, 1.807) is 0 Å². The Hall–Kier alpha value is -2.85. The van der Waals surface area contributed by atoms with Crippen molar-refractivity contribution < 1.29 is 38.1 Å². The molecule has 1 aliphatic rings. The maximum absolute atomic E-state index is 11.8. The van der Waals surface area contributed by atoms with Crippen LogP contribution in [0.25, 0.3) is 10.4 Å². The highest BCUT2D eigenvalue weighted by molar-refractivity contribution is 5.78. The van der Waals surface area contributed by atoms with Crippen LogP contribution < -0.4 is 5.32 Å². The number of nitrogens with zero attached hydrogens (tertiary/aromatic N) is 3. The van der Waals surface area contributed by atoms with Gasteiger partial charge in [0.25, 0.3) is 0 Å². The Morgan fingerprint density at radius 1 is 1.12 bits per heavy atom. The predicted octanol–water partition coefficient (Wildman–Crippen LogP) is -0.393. The summed E-state index contributed by atoms with van der Waals surface area (Å²) >= 11 is 0.